The van der Waals surface area contributed by atoms with Crippen LogP contribution < -0.4 is 0 Å². The molecule has 2 heterocycles. The highest BCUT2D eigenvalue weighted by Gasteiger charge is 2.18. The van der Waals surface area contributed by atoms with Crippen LogP contribution in [0.2, 0.25) is 5.02 Å². The Morgan fingerprint density at radius 3 is 2.58 bits per heavy atom. The third-order valence-corrected chi connectivity index (χ3v) is 5.91. The Morgan fingerprint density at radius 1 is 1.21 bits per heavy atom. The summed E-state index contributed by atoms with van der Waals surface area (Å²) in [5.41, 5.74) is 5.47. The summed E-state index contributed by atoms with van der Waals surface area (Å²) in [5, 5.41) is 2.50. The molecule has 0 radical (unpaired) electrons. The smallest absolute Gasteiger partial charge is 0.151 e. The second-order valence-corrected chi connectivity index (χ2v) is 7.88. The molecule has 3 nitrogen and oxygen atoms in total. The number of H-pyrrole nitrogens is 1. The number of fused-ring (bicyclic) bond motifs is 1. The van der Waals surface area contributed by atoms with E-state index in [0.29, 0.717) is 15.8 Å². The number of nitrogens with one attached hydrogen (secondary N) is 1. The molecular formula is C19H21ClN2OS. The number of benzene rings is 1. The van der Waals surface area contributed by atoms with Gasteiger partial charge >= 0.3 is 0 Å². The Labute approximate surface area is 149 Å². The second-order valence-electron chi connectivity index (χ2n) is 6.08. The lowest BCUT2D eigenvalue weighted by Gasteiger charge is -2.08. The molecule has 0 aliphatic heterocycles. The van der Waals surface area contributed by atoms with Gasteiger partial charge in [0.25, 0.3) is 0 Å². The fourth-order valence-corrected chi connectivity index (χ4v) is 4.29. The predicted molar refractivity (Wildman–Crippen MR) is 101 cm³/mol. The van der Waals surface area contributed by atoms with Crippen molar-refractivity contribution in [3.63, 3.8) is 0 Å². The molecule has 24 heavy (non-hydrogen) atoms. The van der Waals surface area contributed by atoms with Crippen molar-refractivity contribution in [2.45, 2.75) is 44.4 Å². The van der Waals surface area contributed by atoms with Crippen molar-refractivity contribution in [3.05, 3.63) is 57.9 Å². The summed E-state index contributed by atoms with van der Waals surface area (Å²) in [6.07, 6.45) is 3.93. The van der Waals surface area contributed by atoms with Gasteiger partial charge in [-0.1, -0.05) is 37.1 Å². The molecule has 3 aromatic rings. The van der Waals surface area contributed by atoms with Gasteiger partial charge in [0.1, 0.15) is 0 Å². The molecule has 0 amide bonds. The van der Waals surface area contributed by atoms with Crippen LogP contribution in [0.4, 0.5) is 0 Å². The molecule has 5 heteroatoms. The minimum Gasteiger partial charge on any atom is -0.356 e. The maximum Gasteiger partial charge on any atom is 0.151 e. The molecule has 0 aliphatic carbocycles. The summed E-state index contributed by atoms with van der Waals surface area (Å²) < 4.78 is 12.9. The summed E-state index contributed by atoms with van der Waals surface area (Å²) in [6.45, 7) is 6.32. The first-order valence-electron chi connectivity index (χ1n) is 8.10. The minimum absolute atomic E-state index is 0.434. The highest BCUT2D eigenvalue weighted by molar-refractivity contribution is 7.84. The highest BCUT2D eigenvalue weighted by Crippen LogP contribution is 2.29. The maximum atomic E-state index is 12.9. The van der Waals surface area contributed by atoms with Gasteiger partial charge in [-0.25, -0.2) is 4.98 Å². The summed E-state index contributed by atoms with van der Waals surface area (Å²) >= 11 is 5.92. The molecule has 1 unspecified atom stereocenters. The number of hydrogen-bond acceptors (Lipinski definition) is 2. The average molecular weight is 361 g/mol. The SMILES string of the molecule is CCCc1cnc(S(=O)Cc2ccc(Cl)cc2)c2[nH]c(C)c(C)c12. The van der Waals surface area contributed by atoms with E-state index in [1.807, 2.05) is 30.5 Å². The van der Waals surface area contributed by atoms with Gasteiger partial charge in [0.15, 0.2) is 5.03 Å². The van der Waals surface area contributed by atoms with E-state index in [0.717, 1.165) is 29.6 Å². The molecule has 1 atom stereocenters. The molecule has 0 spiro atoms. The van der Waals surface area contributed by atoms with Gasteiger partial charge in [-0.2, -0.15) is 0 Å². The van der Waals surface area contributed by atoms with Gasteiger partial charge in [-0.15, -0.1) is 0 Å². The number of rotatable bonds is 5. The Kier molecular flexibility index (Phi) is 5.07. The van der Waals surface area contributed by atoms with Crippen LogP contribution in [0.3, 0.4) is 0 Å². The molecule has 1 aromatic carbocycles. The maximum absolute atomic E-state index is 12.9. The number of hydrogen-bond donors (Lipinski definition) is 1. The van der Waals surface area contributed by atoms with Crippen LogP contribution in [-0.2, 0) is 23.0 Å². The van der Waals surface area contributed by atoms with Crippen molar-refractivity contribution in [2.75, 3.05) is 0 Å². The fraction of sp³-hybridized carbons (Fsp3) is 0.316. The van der Waals surface area contributed by atoms with E-state index in [4.69, 9.17) is 11.6 Å². The first kappa shape index (κ1) is 17.2. The summed E-state index contributed by atoms with van der Waals surface area (Å²) in [6, 6.07) is 7.47. The van der Waals surface area contributed by atoms with Crippen molar-refractivity contribution in [1.29, 1.82) is 0 Å². The van der Waals surface area contributed by atoms with E-state index >= 15 is 0 Å². The minimum atomic E-state index is -1.21. The lowest BCUT2D eigenvalue weighted by molar-refractivity contribution is 0.680. The monoisotopic (exact) mass is 360 g/mol. The Balaban J connectivity index is 2.03. The molecule has 2 aromatic heterocycles. The van der Waals surface area contributed by atoms with Crippen molar-refractivity contribution in [3.8, 4) is 0 Å². The summed E-state index contributed by atoms with van der Waals surface area (Å²) in [4.78, 5) is 7.93. The standard InChI is InChI=1S/C19H21ClN2OS/c1-4-5-15-10-21-19(18-17(15)12(2)13(3)22-18)24(23)11-14-6-8-16(20)9-7-14/h6-10,22H,4-5,11H2,1-3H3. The molecule has 0 saturated carbocycles. The zero-order valence-electron chi connectivity index (χ0n) is 14.1. The number of aromatic amines is 1. The third-order valence-electron chi connectivity index (χ3n) is 4.32. The lowest BCUT2D eigenvalue weighted by atomic mass is 10.0. The number of nitrogens with zero attached hydrogens (tertiary/aromatic N) is 1. The van der Waals surface area contributed by atoms with Gasteiger partial charge in [0, 0.05) is 22.3 Å². The number of aryl methyl sites for hydroxylation is 3. The van der Waals surface area contributed by atoms with Crippen molar-refractivity contribution < 1.29 is 4.21 Å². The molecule has 0 aliphatic rings. The quantitative estimate of drug-likeness (QED) is 0.688. The molecule has 126 valence electrons. The topological polar surface area (TPSA) is 45.8 Å². The second kappa shape index (κ2) is 7.08. The van der Waals surface area contributed by atoms with E-state index in [1.165, 1.54) is 16.5 Å². The first-order chi connectivity index (χ1) is 11.5. The first-order valence-corrected chi connectivity index (χ1v) is 9.80. The zero-order chi connectivity index (χ0) is 17.3. The van der Waals surface area contributed by atoms with Crippen LogP contribution in [-0.4, -0.2) is 14.2 Å². The van der Waals surface area contributed by atoms with E-state index in [1.54, 1.807) is 0 Å². The molecule has 0 bridgehead atoms. The molecule has 0 fully saturated rings. The van der Waals surface area contributed by atoms with Crippen molar-refractivity contribution in [2.24, 2.45) is 0 Å². The predicted octanol–water partition coefficient (Wildman–Crippen LogP) is 5.09. The van der Waals surface area contributed by atoms with Gasteiger partial charge in [0.2, 0.25) is 0 Å². The van der Waals surface area contributed by atoms with Crippen LogP contribution in [0, 0.1) is 13.8 Å². The van der Waals surface area contributed by atoms with Gasteiger partial charge in [-0.05, 0) is 49.1 Å². The van der Waals surface area contributed by atoms with Gasteiger partial charge < -0.3 is 4.98 Å². The third kappa shape index (κ3) is 3.26. The van der Waals surface area contributed by atoms with E-state index in [-0.39, 0.29) is 0 Å². The van der Waals surface area contributed by atoms with Crippen LogP contribution in [0.25, 0.3) is 10.9 Å². The van der Waals surface area contributed by atoms with Crippen LogP contribution >= 0.6 is 11.6 Å². The molecule has 0 saturated heterocycles. The summed E-state index contributed by atoms with van der Waals surface area (Å²) in [5.74, 6) is 0.434. The Bertz CT molecular complexity index is 900. The molecule has 3 rings (SSSR count). The van der Waals surface area contributed by atoms with Crippen LogP contribution in [0.15, 0.2) is 35.5 Å². The van der Waals surface area contributed by atoms with Crippen LogP contribution in [0.5, 0.6) is 0 Å². The highest BCUT2D eigenvalue weighted by atomic mass is 35.5. The number of halogens is 1. The Morgan fingerprint density at radius 2 is 1.92 bits per heavy atom. The van der Waals surface area contributed by atoms with Crippen molar-refractivity contribution in [1.82, 2.24) is 9.97 Å². The van der Waals surface area contributed by atoms with E-state index in [2.05, 4.69) is 30.7 Å². The van der Waals surface area contributed by atoms with Gasteiger partial charge in [0.05, 0.1) is 22.1 Å². The average Bonchev–Trinajstić information content (AvgIpc) is 2.86. The fourth-order valence-electron chi connectivity index (χ4n) is 2.98. The molecule has 1 N–H and O–H groups in total. The van der Waals surface area contributed by atoms with Gasteiger partial charge in [-0.3, -0.25) is 4.21 Å². The zero-order valence-corrected chi connectivity index (χ0v) is 15.7. The summed E-state index contributed by atoms with van der Waals surface area (Å²) in [7, 11) is -1.21. The lowest BCUT2D eigenvalue weighted by Crippen LogP contribution is -2.02. The number of pyridine rings is 1. The molecular weight excluding hydrogens is 340 g/mol. The van der Waals surface area contributed by atoms with E-state index < -0.39 is 10.8 Å². The van der Waals surface area contributed by atoms with Crippen LogP contribution in [0.1, 0.15) is 35.7 Å². The normalized spacial score (nSPS) is 12.7. The van der Waals surface area contributed by atoms with E-state index in [9.17, 15) is 4.21 Å². The largest absolute Gasteiger partial charge is 0.356 e. The number of aromatic nitrogens is 2. The Hall–Kier alpha value is -1.65. The van der Waals surface area contributed by atoms with Crippen molar-refractivity contribution >= 4 is 33.3 Å².